The minimum absolute atomic E-state index is 0.0926. The van der Waals surface area contributed by atoms with E-state index in [-0.39, 0.29) is 11.5 Å². The largest absolute Gasteiger partial charge is 0.349 e. The van der Waals surface area contributed by atoms with E-state index >= 15 is 0 Å². The molecule has 5 fully saturated rings. The first kappa shape index (κ1) is 25.6. The second-order valence-electron chi connectivity index (χ2n) is 16.2. The lowest BCUT2D eigenvalue weighted by atomic mass is 9.36. The molecule has 1 N–H and O–H groups in total. The van der Waals surface area contributed by atoms with Crippen LogP contribution in [-0.2, 0) is 11.2 Å². The van der Waals surface area contributed by atoms with Crippen LogP contribution in [0.1, 0.15) is 135 Å². The molecule has 1 amide bonds. The molecule has 7 rings (SSSR count). The maximum absolute atomic E-state index is 14.3. The van der Waals surface area contributed by atoms with Gasteiger partial charge in [-0.25, -0.2) is 0 Å². The van der Waals surface area contributed by atoms with Gasteiger partial charge in [0.15, 0.2) is 0 Å². The van der Waals surface area contributed by atoms with E-state index in [9.17, 15) is 4.79 Å². The zero-order valence-electron chi connectivity index (χ0n) is 24.8. The third kappa shape index (κ3) is 3.52. The maximum atomic E-state index is 14.3. The van der Waals surface area contributed by atoms with E-state index < -0.39 is 0 Å². The first-order valence-corrected chi connectivity index (χ1v) is 16.6. The molecule has 2 heteroatoms. The van der Waals surface area contributed by atoms with Crippen LogP contribution in [0.5, 0.6) is 0 Å². The summed E-state index contributed by atoms with van der Waals surface area (Å²) >= 11 is 0. The van der Waals surface area contributed by atoms with Gasteiger partial charge >= 0.3 is 0 Å². The average Bonchev–Trinajstić information content (AvgIpc) is 3.34. The Hall–Kier alpha value is -1.31. The van der Waals surface area contributed by atoms with Gasteiger partial charge in [0.2, 0.25) is 5.91 Å². The Kier molecular flexibility index (Phi) is 5.97. The van der Waals surface area contributed by atoms with Gasteiger partial charge in [0.1, 0.15) is 0 Å². The Bertz CT molecular complexity index is 1090. The Morgan fingerprint density at radius 2 is 1.58 bits per heavy atom. The van der Waals surface area contributed by atoms with Crippen molar-refractivity contribution in [2.75, 3.05) is 0 Å². The van der Waals surface area contributed by atoms with Crippen molar-refractivity contribution in [1.82, 2.24) is 5.32 Å². The van der Waals surface area contributed by atoms with E-state index in [1.54, 1.807) is 0 Å². The van der Waals surface area contributed by atoms with Crippen molar-refractivity contribution in [2.45, 2.75) is 130 Å². The number of carbonyl (C=O) groups excluding carboxylic acids is 1. The summed E-state index contributed by atoms with van der Waals surface area (Å²) in [5.74, 6) is 4.44. The van der Waals surface area contributed by atoms with Gasteiger partial charge < -0.3 is 5.32 Å². The molecule has 9 unspecified atom stereocenters. The minimum Gasteiger partial charge on any atom is -0.349 e. The summed E-state index contributed by atoms with van der Waals surface area (Å²) < 4.78 is 0. The normalized spacial score (nSPS) is 47.1. The molecule has 0 heterocycles. The van der Waals surface area contributed by atoms with Gasteiger partial charge in [-0.3, -0.25) is 4.79 Å². The third-order valence-electron chi connectivity index (χ3n) is 14.4. The zero-order chi connectivity index (χ0) is 26.3. The molecule has 208 valence electrons. The highest BCUT2D eigenvalue weighted by Crippen LogP contribution is 2.73. The molecule has 2 nitrogen and oxygen atoms in total. The Labute approximate surface area is 232 Å². The summed E-state index contributed by atoms with van der Waals surface area (Å²) in [6.45, 7) is 10.6. The van der Waals surface area contributed by atoms with E-state index in [1.807, 2.05) is 0 Å². The fraction of sp³-hybridized carbons (Fsp3) is 0.806. The number of carbonyl (C=O) groups is 1. The summed E-state index contributed by atoms with van der Waals surface area (Å²) in [5.41, 5.74) is 4.26. The Morgan fingerprint density at radius 1 is 0.737 bits per heavy atom. The molecule has 9 atom stereocenters. The van der Waals surface area contributed by atoms with Crippen LogP contribution < -0.4 is 5.32 Å². The molecule has 0 radical (unpaired) electrons. The van der Waals surface area contributed by atoms with Gasteiger partial charge in [-0.2, -0.15) is 0 Å². The smallest absolute Gasteiger partial charge is 0.226 e. The van der Waals surface area contributed by atoms with Crippen molar-refractivity contribution in [3.05, 3.63) is 35.4 Å². The summed E-state index contributed by atoms with van der Waals surface area (Å²) in [4.78, 5) is 14.3. The first-order chi connectivity index (χ1) is 18.2. The molecule has 0 aromatic heterocycles. The predicted molar refractivity (Wildman–Crippen MR) is 156 cm³/mol. The van der Waals surface area contributed by atoms with Crippen molar-refractivity contribution in [3.8, 4) is 0 Å². The number of fused-ring (bicyclic) bond motifs is 8. The van der Waals surface area contributed by atoms with Crippen LogP contribution >= 0.6 is 0 Å². The maximum Gasteiger partial charge on any atom is 0.226 e. The fourth-order valence-electron chi connectivity index (χ4n) is 12.9. The van der Waals surface area contributed by atoms with Crippen LogP contribution in [0.2, 0.25) is 0 Å². The van der Waals surface area contributed by atoms with Gasteiger partial charge in [0.05, 0.1) is 11.5 Å². The molecule has 1 aromatic rings. The number of amides is 1. The molecule has 0 bridgehead atoms. The lowest BCUT2D eigenvalue weighted by molar-refractivity contribution is -0.196. The second-order valence-corrected chi connectivity index (χ2v) is 16.2. The van der Waals surface area contributed by atoms with Gasteiger partial charge in [-0.1, -0.05) is 64.8 Å². The second kappa shape index (κ2) is 8.84. The minimum atomic E-state index is -0.0926. The van der Waals surface area contributed by atoms with E-state index in [1.165, 1.54) is 81.8 Å². The van der Waals surface area contributed by atoms with Crippen LogP contribution in [-0.4, -0.2) is 5.91 Å². The predicted octanol–water partition coefficient (Wildman–Crippen LogP) is 9.04. The van der Waals surface area contributed by atoms with E-state index in [0.29, 0.717) is 28.1 Å². The number of hydrogen-bond acceptors (Lipinski definition) is 1. The van der Waals surface area contributed by atoms with E-state index in [2.05, 4.69) is 57.3 Å². The topological polar surface area (TPSA) is 29.1 Å². The highest BCUT2D eigenvalue weighted by Gasteiger charge is 2.66. The third-order valence-corrected chi connectivity index (χ3v) is 14.4. The van der Waals surface area contributed by atoms with Crippen molar-refractivity contribution in [3.63, 3.8) is 0 Å². The SMILES string of the molecule is CC1(C)CCCC2(C)C1CCC1(C)C3CCC4(C(=O)NC5CCCc6ccccc65)CCCC4C3CCC12. The molecule has 0 saturated heterocycles. The number of nitrogens with one attached hydrogen (secondary N) is 1. The summed E-state index contributed by atoms with van der Waals surface area (Å²) in [5, 5.41) is 3.68. The fourth-order valence-corrected chi connectivity index (χ4v) is 12.9. The standard InChI is InChI=1S/C36H53NO/c1-33(2)19-9-20-35(4)30(33)18-22-34(3)27-17-23-36(21-8-13-28(36)26(27)15-16-31(34)35)32(38)37-29-14-7-11-24-10-5-6-12-25(24)29/h5-6,10,12,26-31H,7-9,11,13-23H2,1-4H3,(H,37,38). The van der Waals surface area contributed by atoms with Crippen LogP contribution in [0.25, 0.3) is 0 Å². The van der Waals surface area contributed by atoms with Gasteiger partial charge in [0, 0.05) is 0 Å². The lowest BCUT2D eigenvalue weighted by Crippen LogP contribution is -2.62. The molecule has 6 aliphatic carbocycles. The quantitative estimate of drug-likeness (QED) is 0.418. The molecule has 38 heavy (non-hydrogen) atoms. The van der Waals surface area contributed by atoms with E-state index in [4.69, 9.17) is 0 Å². The molecule has 0 aliphatic heterocycles. The molecule has 5 saturated carbocycles. The number of hydrogen-bond donors (Lipinski definition) is 1. The zero-order valence-corrected chi connectivity index (χ0v) is 24.8. The molecular formula is C36H53NO. The Morgan fingerprint density at radius 3 is 2.45 bits per heavy atom. The molecule has 0 spiro atoms. The summed E-state index contributed by atoms with van der Waals surface area (Å²) in [7, 11) is 0. The highest BCUT2D eigenvalue weighted by molar-refractivity contribution is 5.84. The lowest BCUT2D eigenvalue weighted by Gasteiger charge is -2.68. The summed E-state index contributed by atoms with van der Waals surface area (Å²) in [6, 6.07) is 9.09. The number of rotatable bonds is 2. The molecular weight excluding hydrogens is 462 g/mol. The average molecular weight is 516 g/mol. The van der Waals surface area contributed by atoms with Crippen LogP contribution in [0.4, 0.5) is 0 Å². The first-order valence-electron chi connectivity index (χ1n) is 16.6. The van der Waals surface area contributed by atoms with Crippen molar-refractivity contribution in [2.24, 2.45) is 51.2 Å². The number of benzene rings is 1. The number of aryl methyl sites for hydroxylation is 1. The van der Waals surface area contributed by atoms with Crippen LogP contribution in [0.15, 0.2) is 24.3 Å². The van der Waals surface area contributed by atoms with Crippen molar-refractivity contribution in [1.29, 1.82) is 0 Å². The summed E-state index contributed by atoms with van der Waals surface area (Å²) in [6.07, 6.45) is 19.6. The van der Waals surface area contributed by atoms with Crippen molar-refractivity contribution >= 4 is 5.91 Å². The van der Waals surface area contributed by atoms with Crippen molar-refractivity contribution < 1.29 is 4.79 Å². The monoisotopic (exact) mass is 515 g/mol. The molecule has 6 aliphatic rings. The van der Waals surface area contributed by atoms with Gasteiger partial charge in [-0.15, -0.1) is 0 Å². The van der Waals surface area contributed by atoms with Gasteiger partial charge in [0.25, 0.3) is 0 Å². The van der Waals surface area contributed by atoms with Crippen LogP contribution in [0.3, 0.4) is 0 Å². The highest BCUT2D eigenvalue weighted by atomic mass is 16.2. The van der Waals surface area contributed by atoms with Gasteiger partial charge in [-0.05, 0) is 140 Å². The Balaban J connectivity index is 1.14. The van der Waals surface area contributed by atoms with Crippen LogP contribution in [0, 0.1) is 51.2 Å². The van der Waals surface area contributed by atoms with E-state index in [0.717, 1.165) is 49.4 Å². The molecule has 1 aromatic carbocycles.